The lowest BCUT2D eigenvalue weighted by molar-refractivity contribution is 0.589. The Morgan fingerprint density at radius 1 is 0.560 bits per heavy atom. The fourth-order valence-corrected chi connectivity index (χ4v) is 5.26. The van der Waals surface area contributed by atoms with E-state index in [1.807, 2.05) is 84.9 Å². The third-order valence-electron chi connectivity index (χ3n) is 7.67. The van der Waals surface area contributed by atoms with Gasteiger partial charge in [0.15, 0.2) is 17.3 Å². The van der Waals surface area contributed by atoms with Gasteiger partial charge in [-0.3, -0.25) is 0 Å². The number of oxazole rings is 1. The molecule has 0 aliphatic heterocycles. The summed E-state index contributed by atoms with van der Waals surface area (Å²) in [6, 6.07) is 39.5. The molecule has 8 rings (SSSR count). The van der Waals surface area contributed by atoms with Gasteiger partial charge in [-0.1, -0.05) is 96.2 Å². The van der Waals surface area contributed by atoms with E-state index in [9.17, 15) is 8.78 Å². The highest BCUT2D eigenvalue weighted by atomic mass is 19.1. The second kappa shape index (κ2) is 13.2. The number of rotatable bonds is 9. The summed E-state index contributed by atoms with van der Waals surface area (Å²) in [7, 11) is 0. The number of para-hydroxylation sites is 2. The minimum Gasteiger partial charge on any atom is -0.435 e. The van der Waals surface area contributed by atoms with Crippen LogP contribution in [0.1, 0.15) is 0 Å². The van der Waals surface area contributed by atoms with Crippen LogP contribution in [0.3, 0.4) is 0 Å². The van der Waals surface area contributed by atoms with Gasteiger partial charge in [-0.25, -0.2) is 18.4 Å². The van der Waals surface area contributed by atoms with Crippen LogP contribution in [0.5, 0.6) is 0 Å². The molecule has 0 aliphatic carbocycles. The smallest absolute Gasteiger partial charge is 0.232 e. The maximum Gasteiger partial charge on any atom is 0.232 e. The Kier molecular flexibility index (Phi) is 7.99. The van der Waals surface area contributed by atoms with Crippen molar-refractivity contribution < 1.29 is 13.2 Å². The number of aromatic nitrogens is 7. The molecule has 0 saturated heterocycles. The van der Waals surface area contributed by atoms with Gasteiger partial charge < -0.3 is 15.1 Å². The highest BCUT2D eigenvalue weighted by Crippen LogP contribution is 2.36. The Bertz CT molecular complexity index is 2310. The fraction of sp³-hybridized carbons (Fsp3) is 0. The molecule has 0 bridgehead atoms. The molecule has 50 heavy (non-hydrogen) atoms. The Balaban J connectivity index is 1.14. The Morgan fingerprint density at radius 3 is 1.78 bits per heavy atom. The standard InChI is InChI=1S/C38H25F2N9O/c39-28-18-7-9-20-30(28)41-37-44-35(45-38(46-37)42-31-21-10-8-19-29(31)40)32-23-49(48-47-32)27-17-11-16-26(22-27)36-43-33(24-12-3-1-4-13-24)34(50-36)25-14-5-2-6-15-25/h1-23H,(H2,41,42,44,45,46). The van der Waals surface area contributed by atoms with E-state index in [1.165, 1.54) is 12.1 Å². The molecule has 0 spiro atoms. The summed E-state index contributed by atoms with van der Waals surface area (Å²) in [5.41, 5.74) is 4.57. The average Bonchev–Trinajstić information content (AvgIpc) is 3.84. The highest BCUT2D eigenvalue weighted by molar-refractivity contribution is 5.79. The zero-order valence-electron chi connectivity index (χ0n) is 26.1. The van der Waals surface area contributed by atoms with E-state index >= 15 is 0 Å². The molecule has 12 heteroatoms. The third kappa shape index (κ3) is 6.28. The molecule has 10 nitrogen and oxygen atoms in total. The Hall–Kier alpha value is -7.08. The van der Waals surface area contributed by atoms with Crippen LogP contribution in [0, 0.1) is 11.6 Å². The van der Waals surface area contributed by atoms with E-state index in [0.717, 1.165) is 22.4 Å². The number of nitrogens with one attached hydrogen (secondary N) is 2. The van der Waals surface area contributed by atoms with Gasteiger partial charge in [-0.15, -0.1) is 5.10 Å². The molecule has 3 heterocycles. The van der Waals surface area contributed by atoms with Crippen molar-refractivity contribution >= 4 is 23.3 Å². The average molecular weight is 662 g/mol. The monoisotopic (exact) mass is 661 g/mol. The minimum atomic E-state index is -0.498. The van der Waals surface area contributed by atoms with Crippen LogP contribution < -0.4 is 10.6 Å². The lowest BCUT2D eigenvalue weighted by Gasteiger charge is -2.10. The van der Waals surface area contributed by atoms with Crippen molar-refractivity contribution in [2.75, 3.05) is 10.6 Å². The van der Waals surface area contributed by atoms with Gasteiger partial charge in [-0.05, 0) is 42.5 Å². The number of benzene rings is 5. The molecule has 0 aliphatic rings. The van der Waals surface area contributed by atoms with E-state index in [0.29, 0.717) is 23.0 Å². The molecule has 0 unspecified atom stereocenters. The molecule has 3 aromatic heterocycles. The second-order valence-electron chi connectivity index (χ2n) is 11.0. The maximum atomic E-state index is 14.5. The number of anilines is 4. The van der Waals surface area contributed by atoms with Crippen molar-refractivity contribution in [2.24, 2.45) is 0 Å². The van der Waals surface area contributed by atoms with Gasteiger partial charge in [0.25, 0.3) is 0 Å². The summed E-state index contributed by atoms with van der Waals surface area (Å²) in [4.78, 5) is 18.2. The molecule has 8 aromatic rings. The molecule has 0 atom stereocenters. The summed E-state index contributed by atoms with van der Waals surface area (Å²) in [5.74, 6) is 0.256. The Labute approximate surface area is 284 Å². The zero-order valence-corrected chi connectivity index (χ0v) is 26.1. The highest BCUT2D eigenvalue weighted by Gasteiger charge is 2.19. The van der Waals surface area contributed by atoms with Gasteiger partial charge in [0, 0.05) is 16.7 Å². The first-order chi connectivity index (χ1) is 24.6. The van der Waals surface area contributed by atoms with Crippen molar-refractivity contribution in [3.63, 3.8) is 0 Å². The van der Waals surface area contributed by atoms with Crippen molar-refractivity contribution in [1.82, 2.24) is 34.9 Å². The summed E-state index contributed by atoms with van der Waals surface area (Å²) >= 11 is 0. The first-order valence-electron chi connectivity index (χ1n) is 15.5. The molecule has 242 valence electrons. The van der Waals surface area contributed by atoms with E-state index in [1.54, 1.807) is 47.3 Å². The molecule has 5 aromatic carbocycles. The number of halogens is 2. The zero-order chi connectivity index (χ0) is 33.9. The van der Waals surface area contributed by atoms with Crippen LogP contribution in [0.4, 0.5) is 32.1 Å². The molecule has 0 radical (unpaired) electrons. The van der Waals surface area contributed by atoms with Crippen LogP contribution in [-0.2, 0) is 0 Å². The minimum absolute atomic E-state index is 0.0165. The van der Waals surface area contributed by atoms with Crippen LogP contribution in [0.2, 0.25) is 0 Å². The summed E-state index contributed by atoms with van der Waals surface area (Å²) in [6.07, 6.45) is 1.65. The SMILES string of the molecule is Fc1ccccc1Nc1nc(Nc2ccccc2F)nc(-c2cn(-c3cccc(-c4nc(-c5ccccc5)c(-c5ccccc5)o4)c3)nn2)n1. The van der Waals surface area contributed by atoms with Crippen LogP contribution in [0.25, 0.3) is 51.2 Å². The fourth-order valence-electron chi connectivity index (χ4n) is 5.26. The van der Waals surface area contributed by atoms with Crippen LogP contribution in [0.15, 0.2) is 144 Å². The van der Waals surface area contributed by atoms with E-state index < -0.39 is 11.6 Å². The van der Waals surface area contributed by atoms with E-state index in [-0.39, 0.29) is 29.1 Å². The molecular weight excluding hydrogens is 636 g/mol. The number of hydrogen-bond acceptors (Lipinski definition) is 9. The normalized spacial score (nSPS) is 11.0. The lowest BCUT2D eigenvalue weighted by atomic mass is 10.1. The van der Waals surface area contributed by atoms with Crippen LogP contribution in [-0.4, -0.2) is 34.9 Å². The summed E-state index contributed by atoms with van der Waals surface area (Å²) in [5, 5.41) is 14.4. The summed E-state index contributed by atoms with van der Waals surface area (Å²) < 4.78 is 37.0. The topological polar surface area (TPSA) is 119 Å². The van der Waals surface area contributed by atoms with Crippen molar-refractivity contribution in [1.29, 1.82) is 0 Å². The molecule has 0 saturated carbocycles. The van der Waals surface area contributed by atoms with E-state index in [4.69, 9.17) is 9.40 Å². The van der Waals surface area contributed by atoms with Gasteiger partial charge >= 0.3 is 0 Å². The first-order valence-corrected chi connectivity index (χ1v) is 15.5. The van der Waals surface area contributed by atoms with Gasteiger partial charge in [0.1, 0.15) is 17.3 Å². The van der Waals surface area contributed by atoms with Crippen LogP contribution >= 0.6 is 0 Å². The third-order valence-corrected chi connectivity index (χ3v) is 7.67. The van der Waals surface area contributed by atoms with E-state index in [2.05, 4.69) is 35.9 Å². The summed E-state index contributed by atoms with van der Waals surface area (Å²) in [6.45, 7) is 0. The molecule has 0 amide bonds. The second-order valence-corrected chi connectivity index (χ2v) is 11.0. The predicted molar refractivity (Wildman–Crippen MR) is 186 cm³/mol. The largest absolute Gasteiger partial charge is 0.435 e. The number of hydrogen-bond donors (Lipinski definition) is 2. The predicted octanol–water partition coefficient (Wildman–Crippen LogP) is 8.87. The van der Waals surface area contributed by atoms with Gasteiger partial charge in [-0.2, -0.15) is 15.0 Å². The molecule has 2 N–H and O–H groups in total. The number of nitrogens with zero attached hydrogens (tertiary/aromatic N) is 7. The van der Waals surface area contributed by atoms with Crippen molar-refractivity contribution in [3.8, 4) is 51.2 Å². The molecular formula is C38H25F2N9O. The molecule has 0 fully saturated rings. The Morgan fingerprint density at radius 2 is 1.14 bits per heavy atom. The lowest BCUT2D eigenvalue weighted by Crippen LogP contribution is -2.07. The van der Waals surface area contributed by atoms with Gasteiger partial charge in [0.05, 0.1) is 23.3 Å². The first kappa shape index (κ1) is 30.3. The quantitative estimate of drug-likeness (QED) is 0.156. The maximum absolute atomic E-state index is 14.5. The van der Waals surface area contributed by atoms with Crippen molar-refractivity contribution in [3.05, 3.63) is 151 Å². The van der Waals surface area contributed by atoms with Gasteiger partial charge in [0.2, 0.25) is 17.8 Å². The van der Waals surface area contributed by atoms with Crippen molar-refractivity contribution in [2.45, 2.75) is 0 Å².